The van der Waals surface area contributed by atoms with Gasteiger partial charge in [0.05, 0.1) is 11.5 Å². The molecule has 0 aromatic heterocycles. The molecule has 19 heavy (non-hydrogen) atoms. The van der Waals surface area contributed by atoms with E-state index in [9.17, 15) is 13.2 Å². The SMILES string of the molecule is COCc1cc(C(=O)NC2CC2)cc(S(N)(=O)=O)c1. The van der Waals surface area contributed by atoms with Gasteiger partial charge < -0.3 is 10.1 Å². The quantitative estimate of drug-likeness (QED) is 0.816. The molecule has 0 radical (unpaired) electrons. The normalized spacial score (nSPS) is 15.3. The molecule has 0 aliphatic heterocycles. The van der Waals surface area contributed by atoms with Crippen molar-refractivity contribution >= 4 is 15.9 Å². The highest BCUT2D eigenvalue weighted by molar-refractivity contribution is 7.89. The molecule has 0 bridgehead atoms. The van der Waals surface area contributed by atoms with Crippen LogP contribution in [0, 0.1) is 0 Å². The maximum atomic E-state index is 11.9. The molecule has 1 aliphatic rings. The topological polar surface area (TPSA) is 98.5 Å². The van der Waals surface area contributed by atoms with Crippen LogP contribution in [0.2, 0.25) is 0 Å². The summed E-state index contributed by atoms with van der Waals surface area (Å²) in [4.78, 5) is 11.9. The van der Waals surface area contributed by atoms with Gasteiger partial charge in [-0.3, -0.25) is 4.79 Å². The lowest BCUT2D eigenvalue weighted by Gasteiger charge is -2.08. The molecule has 0 heterocycles. The van der Waals surface area contributed by atoms with E-state index in [-0.39, 0.29) is 29.0 Å². The van der Waals surface area contributed by atoms with E-state index in [1.165, 1.54) is 19.2 Å². The highest BCUT2D eigenvalue weighted by Crippen LogP contribution is 2.20. The number of rotatable bonds is 5. The molecule has 1 fully saturated rings. The molecule has 0 atom stereocenters. The number of sulfonamides is 1. The number of amides is 1. The van der Waals surface area contributed by atoms with Crippen molar-refractivity contribution in [2.75, 3.05) is 7.11 Å². The fourth-order valence-electron chi connectivity index (χ4n) is 1.70. The molecule has 0 saturated heterocycles. The number of methoxy groups -OCH3 is 1. The van der Waals surface area contributed by atoms with Gasteiger partial charge in [0, 0.05) is 18.7 Å². The molecule has 1 saturated carbocycles. The summed E-state index contributed by atoms with van der Waals surface area (Å²) in [6.45, 7) is 0.215. The number of benzene rings is 1. The number of nitrogens with one attached hydrogen (secondary N) is 1. The summed E-state index contributed by atoms with van der Waals surface area (Å²) in [5.74, 6) is -0.287. The largest absolute Gasteiger partial charge is 0.380 e. The number of hydrogen-bond donors (Lipinski definition) is 2. The maximum Gasteiger partial charge on any atom is 0.251 e. The Labute approximate surface area is 112 Å². The zero-order valence-corrected chi connectivity index (χ0v) is 11.4. The lowest BCUT2D eigenvalue weighted by atomic mass is 10.1. The molecule has 7 heteroatoms. The molecule has 1 amide bonds. The number of carbonyl (C=O) groups is 1. The standard InChI is InChI=1S/C12H16N2O4S/c1-18-7-8-4-9(12(15)14-10-2-3-10)6-11(5-8)19(13,16)17/h4-6,10H,2-3,7H2,1H3,(H,14,15)(H2,13,16,17). The molecule has 104 valence electrons. The Bertz CT molecular complexity index is 594. The zero-order chi connectivity index (χ0) is 14.0. The number of carbonyl (C=O) groups excluding carboxylic acids is 1. The van der Waals surface area contributed by atoms with Crippen LogP contribution in [0.25, 0.3) is 0 Å². The summed E-state index contributed by atoms with van der Waals surface area (Å²) in [5.41, 5.74) is 0.875. The second kappa shape index (κ2) is 5.28. The van der Waals surface area contributed by atoms with Crippen LogP contribution in [0.5, 0.6) is 0 Å². The summed E-state index contributed by atoms with van der Waals surface area (Å²) in [7, 11) is -2.35. The van der Waals surface area contributed by atoms with E-state index in [0.717, 1.165) is 12.8 Å². The van der Waals surface area contributed by atoms with Gasteiger partial charge in [0.15, 0.2) is 0 Å². The van der Waals surface area contributed by atoms with Gasteiger partial charge in [-0.1, -0.05) is 0 Å². The first-order chi connectivity index (χ1) is 8.90. The van der Waals surface area contributed by atoms with E-state index >= 15 is 0 Å². The van der Waals surface area contributed by atoms with Crippen molar-refractivity contribution in [3.05, 3.63) is 29.3 Å². The summed E-state index contributed by atoms with van der Waals surface area (Å²) in [6, 6.07) is 4.51. The van der Waals surface area contributed by atoms with Crippen LogP contribution in [-0.2, 0) is 21.4 Å². The number of primary sulfonamides is 1. The average molecular weight is 284 g/mol. The third-order valence-corrected chi connectivity index (χ3v) is 3.67. The number of nitrogens with two attached hydrogens (primary N) is 1. The summed E-state index contributed by atoms with van der Waals surface area (Å²) < 4.78 is 27.8. The molecule has 0 spiro atoms. The van der Waals surface area contributed by atoms with Gasteiger partial charge in [-0.15, -0.1) is 0 Å². The highest BCUT2D eigenvalue weighted by Gasteiger charge is 2.24. The van der Waals surface area contributed by atoms with Crippen LogP contribution in [0.1, 0.15) is 28.8 Å². The summed E-state index contributed by atoms with van der Waals surface area (Å²) >= 11 is 0. The number of hydrogen-bond acceptors (Lipinski definition) is 4. The molecular formula is C12H16N2O4S. The predicted octanol–water partition coefficient (Wildman–Crippen LogP) is 0.373. The van der Waals surface area contributed by atoms with Crippen molar-refractivity contribution in [2.45, 2.75) is 30.4 Å². The fourth-order valence-corrected chi connectivity index (χ4v) is 2.31. The molecule has 3 N–H and O–H groups in total. The van der Waals surface area contributed by atoms with Crippen molar-refractivity contribution in [3.8, 4) is 0 Å². The average Bonchev–Trinajstić information content (AvgIpc) is 3.12. The van der Waals surface area contributed by atoms with Crippen LogP contribution >= 0.6 is 0 Å². The maximum absolute atomic E-state index is 11.9. The van der Waals surface area contributed by atoms with Gasteiger partial charge in [0.25, 0.3) is 5.91 Å². The van der Waals surface area contributed by atoms with Crippen LogP contribution < -0.4 is 10.5 Å². The lowest BCUT2D eigenvalue weighted by molar-refractivity contribution is 0.0950. The Morgan fingerprint density at radius 1 is 1.42 bits per heavy atom. The minimum absolute atomic E-state index is 0.0806. The van der Waals surface area contributed by atoms with E-state index in [0.29, 0.717) is 5.56 Å². The molecular weight excluding hydrogens is 268 g/mol. The van der Waals surface area contributed by atoms with Crippen LogP contribution in [0.15, 0.2) is 23.1 Å². The third-order valence-electron chi connectivity index (χ3n) is 2.78. The summed E-state index contributed by atoms with van der Waals surface area (Å²) in [6.07, 6.45) is 1.93. The van der Waals surface area contributed by atoms with E-state index in [1.807, 2.05) is 0 Å². The second-order valence-corrected chi connectivity index (χ2v) is 6.15. The molecule has 1 aliphatic carbocycles. The van der Waals surface area contributed by atoms with Crippen molar-refractivity contribution < 1.29 is 17.9 Å². The van der Waals surface area contributed by atoms with Crippen molar-refractivity contribution in [1.82, 2.24) is 5.32 Å². The Morgan fingerprint density at radius 3 is 2.63 bits per heavy atom. The van der Waals surface area contributed by atoms with Crippen LogP contribution in [0.3, 0.4) is 0 Å². The van der Waals surface area contributed by atoms with E-state index < -0.39 is 10.0 Å². The highest BCUT2D eigenvalue weighted by atomic mass is 32.2. The van der Waals surface area contributed by atoms with Crippen LogP contribution in [0.4, 0.5) is 0 Å². The lowest BCUT2D eigenvalue weighted by Crippen LogP contribution is -2.26. The summed E-state index contributed by atoms with van der Waals surface area (Å²) in [5, 5.41) is 7.91. The van der Waals surface area contributed by atoms with Gasteiger partial charge in [0.1, 0.15) is 0 Å². The van der Waals surface area contributed by atoms with Crippen molar-refractivity contribution in [3.63, 3.8) is 0 Å². The predicted molar refractivity (Wildman–Crippen MR) is 69.0 cm³/mol. The Hall–Kier alpha value is -1.44. The zero-order valence-electron chi connectivity index (χ0n) is 10.5. The molecule has 2 rings (SSSR count). The first-order valence-corrected chi connectivity index (χ1v) is 7.41. The van der Waals surface area contributed by atoms with Crippen LogP contribution in [-0.4, -0.2) is 27.5 Å². The molecule has 0 unspecified atom stereocenters. The van der Waals surface area contributed by atoms with Gasteiger partial charge in [-0.05, 0) is 36.6 Å². The van der Waals surface area contributed by atoms with Crippen molar-refractivity contribution in [2.24, 2.45) is 5.14 Å². The molecule has 6 nitrogen and oxygen atoms in total. The smallest absolute Gasteiger partial charge is 0.251 e. The van der Waals surface area contributed by atoms with Crippen molar-refractivity contribution in [1.29, 1.82) is 0 Å². The van der Waals surface area contributed by atoms with Gasteiger partial charge in [-0.25, -0.2) is 13.6 Å². The van der Waals surface area contributed by atoms with Gasteiger partial charge in [0.2, 0.25) is 10.0 Å². The van der Waals surface area contributed by atoms with E-state index in [4.69, 9.17) is 9.88 Å². The minimum Gasteiger partial charge on any atom is -0.380 e. The Balaban J connectivity index is 2.35. The van der Waals surface area contributed by atoms with E-state index in [1.54, 1.807) is 6.07 Å². The first kappa shape index (κ1) is 14.0. The molecule has 1 aromatic rings. The molecule has 1 aromatic carbocycles. The first-order valence-electron chi connectivity index (χ1n) is 5.86. The second-order valence-electron chi connectivity index (χ2n) is 4.59. The number of ether oxygens (including phenoxy) is 1. The Morgan fingerprint density at radius 2 is 2.11 bits per heavy atom. The van der Waals surface area contributed by atoms with Gasteiger partial charge in [-0.2, -0.15) is 0 Å². The third kappa shape index (κ3) is 3.76. The van der Waals surface area contributed by atoms with Gasteiger partial charge >= 0.3 is 0 Å². The van der Waals surface area contributed by atoms with E-state index in [2.05, 4.69) is 5.32 Å². The minimum atomic E-state index is -3.85. The fraction of sp³-hybridized carbons (Fsp3) is 0.417. The Kier molecular flexibility index (Phi) is 3.88. The monoisotopic (exact) mass is 284 g/mol.